The van der Waals surface area contributed by atoms with Crippen LogP contribution in [0.15, 0.2) is 18.2 Å². The Morgan fingerprint density at radius 3 is 2.24 bits per heavy atom. The predicted octanol–water partition coefficient (Wildman–Crippen LogP) is 3.53. The largest absolute Gasteiger partial charge is 0.497 e. The Hall–Kier alpha value is -1.71. The minimum atomic E-state index is 0.198. The van der Waals surface area contributed by atoms with Gasteiger partial charge < -0.3 is 14.4 Å². The molecule has 0 radical (unpaired) electrons. The van der Waals surface area contributed by atoms with Gasteiger partial charge in [0.15, 0.2) is 0 Å². The lowest BCUT2D eigenvalue weighted by Gasteiger charge is -2.56. The molecule has 4 nitrogen and oxygen atoms in total. The third-order valence-corrected chi connectivity index (χ3v) is 6.85. The zero-order valence-corrected chi connectivity index (χ0v) is 15.5. The summed E-state index contributed by atoms with van der Waals surface area (Å²) in [5.74, 6) is 5.02. The van der Waals surface area contributed by atoms with E-state index in [1.165, 1.54) is 32.1 Å². The van der Waals surface area contributed by atoms with E-state index in [1.54, 1.807) is 14.2 Å². The van der Waals surface area contributed by atoms with E-state index < -0.39 is 0 Å². The monoisotopic (exact) mass is 343 g/mol. The Labute approximate surface area is 150 Å². The summed E-state index contributed by atoms with van der Waals surface area (Å²) in [6, 6.07) is 6.11. The van der Waals surface area contributed by atoms with Gasteiger partial charge in [-0.3, -0.25) is 4.79 Å². The molecule has 4 saturated carbocycles. The van der Waals surface area contributed by atoms with Crippen LogP contribution in [0, 0.1) is 23.7 Å². The highest BCUT2D eigenvalue weighted by molar-refractivity contribution is 5.80. The van der Waals surface area contributed by atoms with Gasteiger partial charge in [0.05, 0.1) is 20.6 Å². The van der Waals surface area contributed by atoms with Crippen LogP contribution < -0.4 is 9.47 Å². The molecule has 4 bridgehead atoms. The maximum Gasteiger partial charge on any atom is 0.227 e. The van der Waals surface area contributed by atoms with Gasteiger partial charge in [-0.05, 0) is 74.0 Å². The van der Waals surface area contributed by atoms with Crippen molar-refractivity contribution in [3.8, 4) is 11.5 Å². The van der Waals surface area contributed by atoms with Crippen LogP contribution in [0.4, 0.5) is 0 Å². The van der Waals surface area contributed by atoms with Crippen molar-refractivity contribution in [2.75, 3.05) is 21.3 Å². The van der Waals surface area contributed by atoms with E-state index in [0.29, 0.717) is 12.5 Å². The molecule has 4 aliphatic carbocycles. The van der Waals surface area contributed by atoms with Crippen molar-refractivity contribution in [3.63, 3.8) is 0 Å². The summed E-state index contributed by atoms with van der Waals surface area (Å²) in [7, 11) is 5.31. The number of benzene rings is 1. The SMILES string of the molecule is COc1ccc(OC)c(CC(=O)N(C)C2C3CC4CC(C3)CC2C4)c1. The average Bonchev–Trinajstić information content (AvgIpc) is 2.60. The molecule has 0 unspecified atom stereocenters. The van der Waals surface area contributed by atoms with Gasteiger partial charge >= 0.3 is 0 Å². The Bertz CT molecular complexity index is 629. The van der Waals surface area contributed by atoms with Crippen molar-refractivity contribution < 1.29 is 14.3 Å². The van der Waals surface area contributed by atoms with E-state index >= 15 is 0 Å². The molecule has 4 fully saturated rings. The van der Waals surface area contributed by atoms with Crippen LogP contribution in [0.3, 0.4) is 0 Å². The molecule has 1 aromatic rings. The molecule has 5 rings (SSSR count). The van der Waals surface area contributed by atoms with Gasteiger partial charge in [0.25, 0.3) is 0 Å². The van der Waals surface area contributed by atoms with Gasteiger partial charge in [-0.1, -0.05) is 0 Å². The molecule has 4 aliphatic rings. The van der Waals surface area contributed by atoms with Crippen molar-refractivity contribution in [2.45, 2.75) is 44.6 Å². The van der Waals surface area contributed by atoms with Crippen molar-refractivity contribution in [2.24, 2.45) is 23.7 Å². The zero-order valence-electron chi connectivity index (χ0n) is 15.5. The summed E-state index contributed by atoms with van der Waals surface area (Å²) in [5, 5.41) is 0. The lowest BCUT2D eigenvalue weighted by molar-refractivity contribution is -0.140. The Morgan fingerprint density at radius 1 is 1.04 bits per heavy atom. The summed E-state index contributed by atoms with van der Waals surface area (Å²) in [4.78, 5) is 15.1. The second-order valence-electron chi connectivity index (χ2n) is 8.28. The molecule has 0 N–H and O–H groups in total. The Kier molecular flexibility index (Phi) is 4.38. The number of rotatable bonds is 5. The third kappa shape index (κ3) is 3.00. The minimum absolute atomic E-state index is 0.198. The summed E-state index contributed by atoms with van der Waals surface area (Å²) in [6.07, 6.45) is 7.14. The number of carbonyl (C=O) groups is 1. The van der Waals surface area contributed by atoms with E-state index in [1.807, 2.05) is 25.2 Å². The highest BCUT2D eigenvalue weighted by Gasteiger charge is 2.50. The molecular formula is C21H29NO3. The van der Waals surface area contributed by atoms with Gasteiger partial charge in [-0.15, -0.1) is 0 Å². The van der Waals surface area contributed by atoms with Crippen LogP contribution in [-0.2, 0) is 11.2 Å². The van der Waals surface area contributed by atoms with Gasteiger partial charge in [-0.2, -0.15) is 0 Å². The quantitative estimate of drug-likeness (QED) is 0.821. The summed E-state index contributed by atoms with van der Waals surface area (Å²) in [5.41, 5.74) is 0.905. The highest BCUT2D eigenvalue weighted by atomic mass is 16.5. The molecule has 25 heavy (non-hydrogen) atoms. The zero-order chi connectivity index (χ0) is 17.6. The smallest absolute Gasteiger partial charge is 0.227 e. The third-order valence-electron chi connectivity index (χ3n) is 6.85. The minimum Gasteiger partial charge on any atom is -0.497 e. The highest BCUT2D eigenvalue weighted by Crippen LogP contribution is 2.55. The van der Waals surface area contributed by atoms with E-state index in [9.17, 15) is 4.79 Å². The second kappa shape index (κ2) is 6.54. The fraction of sp³-hybridized carbons (Fsp3) is 0.667. The number of nitrogens with zero attached hydrogens (tertiary/aromatic N) is 1. The van der Waals surface area contributed by atoms with Crippen LogP contribution in [0.5, 0.6) is 11.5 Å². The molecule has 0 heterocycles. The molecule has 0 aromatic heterocycles. The van der Waals surface area contributed by atoms with E-state index in [0.717, 1.165) is 40.7 Å². The summed E-state index contributed by atoms with van der Waals surface area (Å²) in [6.45, 7) is 0. The fourth-order valence-corrected chi connectivity index (χ4v) is 6.00. The van der Waals surface area contributed by atoms with Gasteiger partial charge in [0.2, 0.25) is 5.91 Å². The Morgan fingerprint density at radius 2 is 1.68 bits per heavy atom. The average molecular weight is 343 g/mol. The molecule has 136 valence electrons. The van der Waals surface area contributed by atoms with Gasteiger partial charge in [0.1, 0.15) is 11.5 Å². The van der Waals surface area contributed by atoms with E-state index in [4.69, 9.17) is 9.47 Å². The number of ether oxygens (including phenoxy) is 2. The first-order valence-corrected chi connectivity index (χ1v) is 9.55. The predicted molar refractivity (Wildman–Crippen MR) is 96.9 cm³/mol. The first-order chi connectivity index (χ1) is 12.1. The number of likely N-dealkylation sites (N-methyl/N-ethyl adjacent to an activating group) is 1. The van der Waals surface area contributed by atoms with E-state index in [2.05, 4.69) is 4.90 Å². The number of methoxy groups -OCH3 is 2. The maximum absolute atomic E-state index is 13.0. The lowest BCUT2D eigenvalue weighted by Crippen LogP contribution is -2.56. The first-order valence-electron chi connectivity index (χ1n) is 9.55. The van der Waals surface area contributed by atoms with Crippen LogP contribution in [0.1, 0.15) is 37.7 Å². The fourth-order valence-electron chi connectivity index (χ4n) is 6.00. The van der Waals surface area contributed by atoms with Crippen LogP contribution in [0.25, 0.3) is 0 Å². The molecule has 4 heteroatoms. The standard InChI is InChI=1S/C21H29NO3/c1-22(21-16-7-13-6-14(9-16)10-17(21)8-13)20(23)12-15-11-18(24-2)4-5-19(15)25-3/h4-5,11,13-14,16-17,21H,6-10,12H2,1-3H3. The maximum atomic E-state index is 13.0. The molecule has 0 spiro atoms. The molecule has 0 atom stereocenters. The molecule has 1 amide bonds. The molecule has 0 aliphatic heterocycles. The van der Waals surface area contributed by atoms with E-state index in [-0.39, 0.29) is 5.91 Å². The lowest BCUT2D eigenvalue weighted by atomic mass is 9.54. The van der Waals surface area contributed by atoms with Crippen LogP contribution in [-0.4, -0.2) is 38.1 Å². The Balaban J connectivity index is 1.50. The number of hydrogen-bond donors (Lipinski definition) is 0. The van der Waals surface area contributed by atoms with Crippen LogP contribution in [0.2, 0.25) is 0 Å². The number of amides is 1. The molecular weight excluding hydrogens is 314 g/mol. The number of carbonyl (C=O) groups excluding carboxylic acids is 1. The molecule has 0 saturated heterocycles. The normalized spacial score (nSPS) is 32.5. The number of hydrogen-bond acceptors (Lipinski definition) is 3. The van der Waals surface area contributed by atoms with Crippen molar-refractivity contribution in [1.29, 1.82) is 0 Å². The van der Waals surface area contributed by atoms with Gasteiger partial charge in [0, 0.05) is 18.7 Å². The first kappa shape index (κ1) is 16.7. The van der Waals surface area contributed by atoms with Crippen molar-refractivity contribution >= 4 is 5.91 Å². The summed E-state index contributed by atoms with van der Waals surface area (Å²) >= 11 is 0. The second-order valence-corrected chi connectivity index (χ2v) is 8.28. The topological polar surface area (TPSA) is 38.8 Å². The summed E-state index contributed by atoms with van der Waals surface area (Å²) < 4.78 is 10.7. The van der Waals surface area contributed by atoms with Crippen molar-refractivity contribution in [3.05, 3.63) is 23.8 Å². The van der Waals surface area contributed by atoms with Crippen molar-refractivity contribution in [1.82, 2.24) is 4.90 Å². The van der Waals surface area contributed by atoms with Crippen LogP contribution >= 0.6 is 0 Å². The van der Waals surface area contributed by atoms with Gasteiger partial charge in [-0.25, -0.2) is 0 Å². The molecule has 1 aromatic carbocycles.